The van der Waals surface area contributed by atoms with Crippen LogP contribution < -0.4 is 4.72 Å². The molecule has 1 aromatic heterocycles. The van der Waals surface area contributed by atoms with Crippen molar-refractivity contribution in [1.29, 1.82) is 0 Å². The Morgan fingerprint density at radius 2 is 2.11 bits per heavy atom. The number of hydrogen-bond donors (Lipinski definition) is 2. The van der Waals surface area contributed by atoms with Crippen molar-refractivity contribution in [1.82, 2.24) is 4.72 Å². The number of thiophene rings is 1. The van der Waals surface area contributed by atoms with Crippen molar-refractivity contribution in [2.75, 3.05) is 33.5 Å². The SMILES string of the molecule is COCCOCCNS(=O)(=O)c1ccc(CO)s1. The molecule has 0 atom stereocenters. The monoisotopic (exact) mass is 295 g/mol. The van der Waals surface area contributed by atoms with Crippen molar-refractivity contribution < 1.29 is 23.0 Å². The number of ether oxygens (including phenoxy) is 2. The van der Waals surface area contributed by atoms with Crippen molar-refractivity contribution in [3.05, 3.63) is 17.0 Å². The maximum atomic E-state index is 11.8. The van der Waals surface area contributed by atoms with E-state index in [-0.39, 0.29) is 17.4 Å². The van der Waals surface area contributed by atoms with Gasteiger partial charge in [0.25, 0.3) is 0 Å². The molecule has 0 aromatic carbocycles. The smallest absolute Gasteiger partial charge is 0.250 e. The lowest BCUT2D eigenvalue weighted by molar-refractivity contribution is 0.0736. The molecule has 0 unspecified atom stereocenters. The number of aliphatic hydroxyl groups is 1. The van der Waals surface area contributed by atoms with Gasteiger partial charge >= 0.3 is 0 Å². The predicted octanol–water partition coefficient (Wildman–Crippen LogP) is 0.182. The number of aliphatic hydroxyl groups excluding tert-OH is 1. The average Bonchev–Trinajstić information content (AvgIpc) is 2.83. The van der Waals surface area contributed by atoms with E-state index in [4.69, 9.17) is 14.6 Å². The minimum atomic E-state index is -3.50. The Balaban J connectivity index is 2.36. The van der Waals surface area contributed by atoms with E-state index in [2.05, 4.69) is 4.72 Å². The van der Waals surface area contributed by atoms with Gasteiger partial charge in [-0.25, -0.2) is 13.1 Å². The third-order valence-corrected chi connectivity index (χ3v) is 5.05. The molecule has 0 saturated heterocycles. The summed E-state index contributed by atoms with van der Waals surface area (Å²) in [7, 11) is -1.93. The van der Waals surface area contributed by atoms with Crippen LogP contribution in [0.1, 0.15) is 4.88 Å². The van der Waals surface area contributed by atoms with Gasteiger partial charge in [0.15, 0.2) is 0 Å². The molecule has 1 aromatic rings. The van der Waals surface area contributed by atoms with E-state index in [1.165, 1.54) is 6.07 Å². The molecule has 0 amide bonds. The van der Waals surface area contributed by atoms with E-state index in [0.29, 0.717) is 24.7 Å². The standard InChI is InChI=1S/C10H17NO5S2/c1-15-6-7-16-5-4-11-18(13,14)10-3-2-9(8-12)17-10/h2-3,11-12H,4-8H2,1H3. The molecule has 1 heterocycles. The number of nitrogens with one attached hydrogen (secondary N) is 1. The van der Waals surface area contributed by atoms with Crippen LogP contribution in [0.15, 0.2) is 16.3 Å². The minimum absolute atomic E-state index is 0.152. The zero-order valence-corrected chi connectivity index (χ0v) is 11.7. The molecule has 0 fully saturated rings. The van der Waals surface area contributed by atoms with Crippen LogP contribution in [0.5, 0.6) is 0 Å². The van der Waals surface area contributed by atoms with Gasteiger partial charge in [0, 0.05) is 18.5 Å². The molecule has 18 heavy (non-hydrogen) atoms. The molecule has 0 aliphatic rings. The molecule has 104 valence electrons. The maximum Gasteiger partial charge on any atom is 0.250 e. The quantitative estimate of drug-likeness (QED) is 0.635. The summed E-state index contributed by atoms with van der Waals surface area (Å²) in [5.74, 6) is 0. The van der Waals surface area contributed by atoms with Crippen LogP contribution in [0.3, 0.4) is 0 Å². The zero-order chi connectivity index (χ0) is 13.4. The molecule has 0 spiro atoms. The highest BCUT2D eigenvalue weighted by Crippen LogP contribution is 2.20. The highest BCUT2D eigenvalue weighted by molar-refractivity contribution is 7.91. The van der Waals surface area contributed by atoms with Gasteiger partial charge in [-0.2, -0.15) is 0 Å². The Hall–Kier alpha value is -0.510. The van der Waals surface area contributed by atoms with Gasteiger partial charge in [-0.1, -0.05) is 0 Å². The van der Waals surface area contributed by atoms with E-state index in [0.717, 1.165) is 11.3 Å². The number of sulfonamides is 1. The number of rotatable bonds is 9. The predicted molar refractivity (Wildman–Crippen MR) is 68.1 cm³/mol. The molecular formula is C10H17NO5S2. The van der Waals surface area contributed by atoms with Crippen LogP contribution >= 0.6 is 11.3 Å². The summed E-state index contributed by atoms with van der Waals surface area (Å²) in [6, 6.07) is 3.07. The number of hydrogen-bond acceptors (Lipinski definition) is 6. The number of methoxy groups -OCH3 is 1. The first-order valence-electron chi connectivity index (χ1n) is 5.36. The molecule has 8 heteroatoms. The van der Waals surface area contributed by atoms with Crippen LogP contribution in [-0.4, -0.2) is 47.0 Å². The summed E-state index contributed by atoms with van der Waals surface area (Å²) in [4.78, 5) is 0.617. The van der Waals surface area contributed by atoms with Crippen LogP contribution in [-0.2, 0) is 26.1 Å². The van der Waals surface area contributed by atoms with E-state index in [9.17, 15) is 8.42 Å². The summed E-state index contributed by atoms with van der Waals surface area (Å²) in [6.45, 7) is 1.27. The van der Waals surface area contributed by atoms with Gasteiger partial charge in [0.1, 0.15) is 4.21 Å². The fourth-order valence-electron chi connectivity index (χ4n) is 1.15. The van der Waals surface area contributed by atoms with Gasteiger partial charge in [0.05, 0.1) is 26.4 Å². The lowest BCUT2D eigenvalue weighted by atomic mass is 10.5. The molecule has 6 nitrogen and oxygen atoms in total. The Morgan fingerprint density at radius 1 is 1.33 bits per heavy atom. The van der Waals surface area contributed by atoms with Crippen LogP contribution in [0.2, 0.25) is 0 Å². The van der Waals surface area contributed by atoms with E-state index >= 15 is 0 Å². The topological polar surface area (TPSA) is 84.9 Å². The molecule has 2 N–H and O–H groups in total. The molecule has 0 saturated carbocycles. The van der Waals surface area contributed by atoms with E-state index in [1.807, 2.05) is 0 Å². The normalized spacial score (nSPS) is 11.9. The van der Waals surface area contributed by atoms with Crippen molar-refractivity contribution in [2.24, 2.45) is 0 Å². The largest absolute Gasteiger partial charge is 0.391 e. The summed E-state index contributed by atoms with van der Waals surface area (Å²) in [5, 5.41) is 8.88. The third-order valence-electron chi connectivity index (χ3n) is 2.03. The second-order valence-corrected chi connectivity index (χ2v) is 6.54. The second-order valence-electron chi connectivity index (χ2n) is 3.38. The van der Waals surface area contributed by atoms with Gasteiger partial charge in [0.2, 0.25) is 10.0 Å². The van der Waals surface area contributed by atoms with Crippen molar-refractivity contribution in [3.63, 3.8) is 0 Å². The van der Waals surface area contributed by atoms with Crippen LogP contribution in [0, 0.1) is 0 Å². The summed E-state index contributed by atoms with van der Waals surface area (Å²) in [6.07, 6.45) is 0. The minimum Gasteiger partial charge on any atom is -0.391 e. The first kappa shape index (κ1) is 15.5. The third kappa shape index (κ3) is 5.01. The zero-order valence-electron chi connectivity index (χ0n) is 10.1. The highest BCUT2D eigenvalue weighted by atomic mass is 32.2. The van der Waals surface area contributed by atoms with Crippen LogP contribution in [0.4, 0.5) is 0 Å². The highest BCUT2D eigenvalue weighted by Gasteiger charge is 2.15. The Morgan fingerprint density at radius 3 is 2.72 bits per heavy atom. The Bertz CT molecular complexity index is 443. The van der Waals surface area contributed by atoms with Gasteiger partial charge in [-0.05, 0) is 12.1 Å². The first-order chi connectivity index (χ1) is 8.60. The molecule has 0 radical (unpaired) electrons. The summed E-state index contributed by atoms with van der Waals surface area (Å²) < 4.78 is 36.1. The van der Waals surface area contributed by atoms with Crippen LogP contribution in [0.25, 0.3) is 0 Å². The van der Waals surface area contributed by atoms with E-state index < -0.39 is 10.0 Å². The van der Waals surface area contributed by atoms with Crippen molar-refractivity contribution >= 4 is 21.4 Å². The van der Waals surface area contributed by atoms with E-state index in [1.54, 1.807) is 13.2 Å². The molecule has 1 rings (SSSR count). The molecule has 0 aliphatic carbocycles. The maximum absolute atomic E-state index is 11.8. The summed E-state index contributed by atoms with van der Waals surface area (Å²) in [5.41, 5.74) is 0. The summed E-state index contributed by atoms with van der Waals surface area (Å²) >= 11 is 1.05. The molecular weight excluding hydrogens is 278 g/mol. The van der Waals surface area contributed by atoms with Crippen molar-refractivity contribution in [3.8, 4) is 0 Å². The average molecular weight is 295 g/mol. The molecule has 0 aliphatic heterocycles. The van der Waals surface area contributed by atoms with Gasteiger partial charge in [-0.15, -0.1) is 11.3 Å². The molecule has 0 bridgehead atoms. The fourth-order valence-corrected chi connectivity index (χ4v) is 3.42. The first-order valence-corrected chi connectivity index (χ1v) is 7.66. The lowest BCUT2D eigenvalue weighted by Crippen LogP contribution is -2.27. The second kappa shape index (κ2) is 7.82. The Kier molecular flexibility index (Phi) is 6.76. The van der Waals surface area contributed by atoms with Gasteiger partial charge < -0.3 is 14.6 Å². The van der Waals surface area contributed by atoms with Gasteiger partial charge in [-0.3, -0.25) is 0 Å². The lowest BCUT2D eigenvalue weighted by Gasteiger charge is -2.05. The fraction of sp³-hybridized carbons (Fsp3) is 0.600. The van der Waals surface area contributed by atoms with Crippen molar-refractivity contribution in [2.45, 2.75) is 10.8 Å². The Labute approximate surface area is 111 Å².